The van der Waals surface area contributed by atoms with Crippen molar-refractivity contribution in [2.45, 2.75) is 18.9 Å². The van der Waals surface area contributed by atoms with Crippen molar-refractivity contribution >= 4 is 11.6 Å². The van der Waals surface area contributed by atoms with Gasteiger partial charge in [-0.15, -0.1) is 0 Å². The van der Waals surface area contributed by atoms with Crippen molar-refractivity contribution in [3.05, 3.63) is 30.3 Å². The summed E-state index contributed by atoms with van der Waals surface area (Å²) in [4.78, 5) is 13.9. The largest absolute Gasteiger partial charge is 0.328 e. The number of piperidine rings is 1. The molecule has 0 saturated carbocycles. The van der Waals surface area contributed by atoms with Gasteiger partial charge in [-0.2, -0.15) is 0 Å². The third kappa shape index (κ3) is 3.84. The molecule has 0 spiro atoms. The van der Waals surface area contributed by atoms with Crippen LogP contribution in [0.1, 0.15) is 12.8 Å². The highest BCUT2D eigenvalue weighted by Gasteiger charge is 2.17. The number of anilines is 1. The minimum absolute atomic E-state index is 0.0478. The van der Waals surface area contributed by atoms with E-state index in [0.717, 1.165) is 31.6 Å². The molecule has 17 heavy (non-hydrogen) atoms. The van der Waals surface area contributed by atoms with Crippen molar-refractivity contribution < 1.29 is 4.79 Å². The molecular weight excluding hydrogens is 214 g/mol. The van der Waals surface area contributed by atoms with E-state index >= 15 is 0 Å². The Hall–Kier alpha value is -1.39. The zero-order valence-corrected chi connectivity index (χ0v) is 9.93. The number of rotatable bonds is 3. The van der Waals surface area contributed by atoms with E-state index < -0.39 is 0 Å². The molecule has 1 aliphatic heterocycles. The molecule has 4 nitrogen and oxygen atoms in total. The maximum atomic E-state index is 11.8. The van der Waals surface area contributed by atoms with E-state index in [-0.39, 0.29) is 5.91 Å². The standard InChI is InChI=1S/C13H19N3O/c14-11-6-8-16(9-7-11)10-13(17)15-12-4-2-1-3-5-12/h1-5,11H,6-10,14H2,(H,15,17). The molecule has 1 aromatic carbocycles. The fraction of sp³-hybridized carbons (Fsp3) is 0.462. The number of nitrogens with zero attached hydrogens (tertiary/aromatic N) is 1. The molecule has 1 aliphatic rings. The van der Waals surface area contributed by atoms with E-state index in [1.165, 1.54) is 0 Å². The Bertz CT molecular complexity index is 358. The average Bonchev–Trinajstić information content (AvgIpc) is 2.33. The first-order valence-corrected chi connectivity index (χ1v) is 6.07. The molecule has 92 valence electrons. The summed E-state index contributed by atoms with van der Waals surface area (Å²) in [5.41, 5.74) is 6.68. The van der Waals surface area contributed by atoms with E-state index in [9.17, 15) is 4.79 Å². The molecule has 3 N–H and O–H groups in total. The molecule has 0 aromatic heterocycles. The normalized spacial score (nSPS) is 17.9. The number of carbonyl (C=O) groups is 1. The first-order chi connectivity index (χ1) is 8.24. The van der Waals surface area contributed by atoms with Crippen LogP contribution >= 0.6 is 0 Å². The second kappa shape index (κ2) is 5.80. The SMILES string of the molecule is NC1CCN(CC(=O)Nc2ccccc2)CC1. The van der Waals surface area contributed by atoms with Crippen LogP contribution in [0.5, 0.6) is 0 Å². The highest BCUT2D eigenvalue weighted by molar-refractivity contribution is 5.92. The second-order valence-corrected chi connectivity index (χ2v) is 4.53. The summed E-state index contributed by atoms with van der Waals surface area (Å²) >= 11 is 0. The fourth-order valence-electron chi connectivity index (χ4n) is 2.04. The minimum atomic E-state index is 0.0478. The molecular formula is C13H19N3O. The molecule has 1 heterocycles. The minimum Gasteiger partial charge on any atom is -0.328 e. The van der Waals surface area contributed by atoms with Crippen LogP contribution in [0.3, 0.4) is 0 Å². The predicted octanol–water partition coefficient (Wildman–Crippen LogP) is 1.05. The van der Waals surface area contributed by atoms with Gasteiger partial charge in [-0.3, -0.25) is 9.69 Å². The quantitative estimate of drug-likeness (QED) is 0.820. The van der Waals surface area contributed by atoms with Crippen LogP contribution in [0.2, 0.25) is 0 Å². The average molecular weight is 233 g/mol. The summed E-state index contributed by atoms with van der Waals surface area (Å²) in [6, 6.07) is 9.85. The Morgan fingerprint density at radius 3 is 2.59 bits per heavy atom. The van der Waals surface area contributed by atoms with Crippen molar-refractivity contribution in [3.8, 4) is 0 Å². The van der Waals surface area contributed by atoms with Gasteiger partial charge < -0.3 is 11.1 Å². The zero-order valence-electron chi connectivity index (χ0n) is 9.93. The van der Waals surface area contributed by atoms with Gasteiger partial charge in [0.05, 0.1) is 6.54 Å². The number of hydrogen-bond donors (Lipinski definition) is 2. The number of amides is 1. The number of nitrogens with one attached hydrogen (secondary N) is 1. The van der Waals surface area contributed by atoms with Gasteiger partial charge in [0, 0.05) is 24.8 Å². The molecule has 0 atom stereocenters. The van der Waals surface area contributed by atoms with Crippen LogP contribution in [0.25, 0.3) is 0 Å². The Morgan fingerprint density at radius 2 is 1.94 bits per heavy atom. The van der Waals surface area contributed by atoms with Gasteiger partial charge in [0.15, 0.2) is 0 Å². The molecule has 0 bridgehead atoms. The Labute approximate surface area is 102 Å². The van der Waals surface area contributed by atoms with Crippen molar-refractivity contribution in [2.75, 3.05) is 25.0 Å². The number of nitrogens with two attached hydrogens (primary N) is 1. The molecule has 0 unspecified atom stereocenters. The fourth-order valence-corrected chi connectivity index (χ4v) is 2.04. The van der Waals surface area contributed by atoms with Crippen LogP contribution < -0.4 is 11.1 Å². The van der Waals surface area contributed by atoms with Gasteiger partial charge in [-0.1, -0.05) is 18.2 Å². The predicted molar refractivity (Wildman–Crippen MR) is 68.7 cm³/mol. The molecule has 1 fully saturated rings. The monoisotopic (exact) mass is 233 g/mol. The first kappa shape index (κ1) is 12.1. The number of para-hydroxylation sites is 1. The maximum absolute atomic E-state index is 11.8. The highest BCUT2D eigenvalue weighted by Crippen LogP contribution is 2.09. The molecule has 0 radical (unpaired) electrons. The van der Waals surface area contributed by atoms with Gasteiger partial charge in [-0.05, 0) is 25.0 Å². The van der Waals surface area contributed by atoms with Gasteiger partial charge in [0.25, 0.3) is 0 Å². The van der Waals surface area contributed by atoms with Crippen LogP contribution in [0.15, 0.2) is 30.3 Å². The summed E-state index contributed by atoms with van der Waals surface area (Å²) in [6.07, 6.45) is 1.97. The number of likely N-dealkylation sites (tertiary alicyclic amines) is 1. The van der Waals surface area contributed by atoms with Crippen molar-refractivity contribution in [3.63, 3.8) is 0 Å². The Balaban J connectivity index is 1.78. The van der Waals surface area contributed by atoms with E-state index in [2.05, 4.69) is 10.2 Å². The summed E-state index contributed by atoms with van der Waals surface area (Å²) in [7, 11) is 0. The van der Waals surface area contributed by atoms with Crippen molar-refractivity contribution in [1.82, 2.24) is 4.90 Å². The smallest absolute Gasteiger partial charge is 0.238 e. The van der Waals surface area contributed by atoms with Gasteiger partial charge >= 0.3 is 0 Å². The summed E-state index contributed by atoms with van der Waals surface area (Å²) in [5, 5.41) is 2.89. The van der Waals surface area contributed by atoms with E-state index in [0.29, 0.717) is 12.6 Å². The lowest BCUT2D eigenvalue weighted by Crippen LogP contribution is -2.43. The van der Waals surface area contributed by atoms with Crippen molar-refractivity contribution in [1.29, 1.82) is 0 Å². The third-order valence-corrected chi connectivity index (χ3v) is 3.06. The number of carbonyl (C=O) groups excluding carboxylic acids is 1. The Kier molecular flexibility index (Phi) is 4.12. The van der Waals surface area contributed by atoms with Crippen LogP contribution in [-0.4, -0.2) is 36.5 Å². The number of benzene rings is 1. The molecule has 1 amide bonds. The zero-order chi connectivity index (χ0) is 12.1. The van der Waals surface area contributed by atoms with E-state index in [1.807, 2.05) is 30.3 Å². The number of hydrogen-bond acceptors (Lipinski definition) is 3. The lowest BCUT2D eigenvalue weighted by molar-refractivity contribution is -0.117. The summed E-state index contributed by atoms with van der Waals surface area (Å²) in [6.45, 7) is 2.30. The second-order valence-electron chi connectivity index (χ2n) is 4.53. The maximum Gasteiger partial charge on any atom is 0.238 e. The van der Waals surface area contributed by atoms with Gasteiger partial charge in [-0.25, -0.2) is 0 Å². The topological polar surface area (TPSA) is 58.4 Å². The van der Waals surface area contributed by atoms with Crippen LogP contribution in [0.4, 0.5) is 5.69 Å². The lowest BCUT2D eigenvalue weighted by atomic mass is 10.1. The first-order valence-electron chi connectivity index (χ1n) is 6.07. The van der Waals surface area contributed by atoms with Gasteiger partial charge in [0.1, 0.15) is 0 Å². The molecule has 0 aliphatic carbocycles. The molecule has 1 aromatic rings. The van der Waals surface area contributed by atoms with Crippen molar-refractivity contribution in [2.24, 2.45) is 5.73 Å². The summed E-state index contributed by atoms with van der Waals surface area (Å²) in [5.74, 6) is 0.0478. The molecule has 1 saturated heterocycles. The van der Waals surface area contributed by atoms with Gasteiger partial charge in [0.2, 0.25) is 5.91 Å². The summed E-state index contributed by atoms with van der Waals surface area (Å²) < 4.78 is 0. The Morgan fingerprint density at radius 1 is 1.29 bits per heavy atom. The highest BCUT2D eigenvalue weighted by atomic mass is 16.2. The third-order valence-electron chi connectivity index (χ3n) is 3.06. The van der Waals surface area contributed by atoms with E-state index in [1.54, 1.807) is 0 Å². The molecule has 2 rings (SSSR count). The van der Waals surface area contributed by atoms with Crippen LogP contribution in [0, 0.1) is 0 Å². The van der Waals surface area contributed by atoms with Crippen LogP contribution in [-0.2, 0) is 4.79 Å². The van der Waals surface area contributed by atoms with E-state index in [4.69, 9.17) is 5.73 Å². The molecule has 4 heteroatoms. The lowest BCUT2D eigenvalue weighted by Gasteiger charge is -2.29.